The van der Waals surface area contributed by atoms with Gasteiger partial charge < -0.3 is 45.9 Å². The zero-order valence-corrected chi connectivity index (χ0v) is 63.4. The van der Waals surface area contributed by atoms with Crippen molar-refractivity contribution in [1.29, 1.82) is 0 Å². The number of rotatable bonds is 36. The number of nitrogens with zero attached hydrogens (tertiary/aromatic N) is 3. The molecule has 5 aliphatic rings. The Bertz CT molecular complexity index is 4580. The molecule has 4 aromatic rings. The van der Waals surface area contributed by atoms with Gasteiger partial charge in [0.05, 0.1) is 39.1 Å². The lowest BCUT2D eigenvalue weighted by molar-refractivity contribution is -0.438. The zero-order chi connectivity index (χ0) is 76.9. The Morgan fingerprint density at radius 2 is 1.29 bits per heavy atom. The van der Waals surface area contributed by atoms with Crippen molar-refractivity contribution in [2.75, 3.05) is 49.1 Å². The highest BCUT2D eigenvalue weighted by molar-refractivity contribution is 7.86. The topological polar surface area (TPSA) is 410 Å². The minimum Gasteiger partial charge on any atom is -0.457 e. The summed E-state index contributed by atoms with van der Waals surface area (Å²) in [5.74, 6) is -2.62. The van der Waals surface area contributed by atoms with Crippen molar-refractivity contribution in [3.63, 3.8) is 0 Å². The van der Waals surface area contributed by atoms with Gasteiger partial charge in [-0.05, 0) is 179 Å². The fourth-order valence-electron chi connectivity index (χ4n) is 14.6. The SMILES string of the molecule is CC1(C)C(/C=C/C2=C(Oc3ccc(CCNC(=O)CCCCCCCNC(=O)Cc4ccc(CNC(=O)C[C@H]5C[C@H](C(=O)N6CCC[C@@H]6B(O)O)NC5=O)cc4)cc3)C(=C/C=C3/N(CCCCS(=O)(=O)O)c4ccc(S(=O)(=O)O)cc4C3(C)C)/CCC2)=[N+](CCCCS(=O)(=O)O)c2ccc(S(=O)(=O)O)cc21. The number of allylic oxidation sites excluding steroid dienone is 7. The summed E-state index contributed by atoms with van der Waals surface area (Å²) >= 11 is 0. The van der Waals surface area contributed by atoms with Crippen molar-refractivity contribution in [3.8, 4) is 5.75 Å². The van der Waals surface area contributed by atoms with Crippen molar-refractivity contribution in [1.82, 2.24) is 26.2 Å². The van der Waals surface area contributed by atoms with Crippen LogP contribution in [0.15, 0.2) is 142 Å². The summed E-state index contributed by atoms with van der Waals surface area (Å²) < 4.78 is 145. The highest BCUT2D eigenvalue weighted by Gasteiger charge is 2.47. The molecule has 2 saturated heterocycles. The molecule has 0 spiro atoms. The number of ether oxygens (including phenoxy) is 1. The van der Waals surface area contributed by atoms with Gasteiger partial charge in [-0.15, -0.1) is 0 Å². The predicted octanol–water partition coefficient (Wildman–Crippen LogP) is 7.45. The Morgan fingerprint density at radius 1 is 0.660 bits per heavy atom. The van der Waals surface area contributed by atoms with Crippen molar-refractivity contribution in [3.05, 3.63) is 160 Å². The second-order valence-electron chi connectivity index (χ2n) is 28.9. The van der Waals surface area contributed by atoms with E-state index in [0.717, 1.165) is 64.9 Å². The Kier molecular flexibility index (Phi) is 27.4. The number of carbonyl (C=O) groups is 5. The average molecular weight is 1540 g/mol. The third-order valence-electron chi connectivity index (χ3n) is 20.3. The van der Waals surface area contributed by atoms with Crippen LogP contribution in [-0.4, -0.2) is 170 Å². The quantitative estimate of drug-likeness (QED) is 0.00914. The molecule has 0 unspecified atom stereocenters. The summed E-state index contributed by atoms with van der Waals surface area (Å²) in [6, 6.07) is 22.6. The van der Waals surface area contributed by atoms with Crippen LogP contribution in [0.4, 0.5) is 11.4 Å². The molecule has 0 saturated carbocycles. The molecule has 0 aromatic heterocycles. The summed E-state index contributed by atoms with van der Waals surface area (Å²) in [6.45, 7) is 9.71. The van der Waals surface area contributed by atoms with Crippen LogP contribution >= 0.6 is 0 Å². The van der Waals surface area contributed by atoms with Crippen LogP contribution in [-0.2, 0) is 94.7 Å². The minimum absolute atomic E-state index is 0.0677. The third kappa shape index (κ3) is 22.1. The number of hydrogen-bond acceptors (Lipinski definition) is 17. The molecular weight excluding hydrogens is 1450 g/mol. The van der Waals surface area contributed by atoms with E-state index in [4.69, 9.17) is 4.74 Å². The van der Waals surface area contributed by atoms with Crippen LogP contribution in [0.1, 0.15) is 165 Å². The number of amides is 5. The lowest BCUT2D eigenvalue weighted by Crippen LogP contribution is -2.51. The number of anilines is 1. The standard InChI is InChI=1S/C74H96BN7O20S4/c1-73(2)59-47-57(105(96,97)98)30-32-62(59)80(39-10-12-42-103(90,91)92)64(73)34-26-53-16-14-17-54(27-35-65-74(3,4)60-48-58(106(99,100)101)31-33-63(60)81(65)40-11-13-43-104(93,94)95)70(53)102-56-28-24-50(25-29-56)36-38-77-67(83)19-8-6-5-7-9-37-76-68(84)44-51-20-22-52(23-21-51)49-78-69(85)46-55-45-61(79-71(55)86)72(87)82-41-15-18-66(82)75(88)89/h20-35,47-48,55,61,66,88-89H,5-19,36-46,49H2,1-4H3,(H7-,76,77,78,79,83,84,85,86,90,91,92,93,94,95,96,97,98,99,100,101)/p+1/t55-,61-,66-/m1/s1. The molecule has 4 aromatic carbocycles. The first-order chi connectivity index (χ1) is 50.0. The summed E-state index contributed by atoms with van der Waals surface area (Å²) in [5.41, 5.74) is 6.34. The smallest absolute Gasteiger partial charge is 0.457 e. The van der Waals surface area contributed by atoms with Gasteiger partial charge >= 0.3 is 7.12 Å². The van der Waals surface area contributed by atoms with Crippen LogP contribution in [0.3, 0.4) is 0 Å². The van der Waals surface area contributed by atoms with E-state index in [9.17, 15) is 85.9 Å². The van der Waals surface area contributed by atoms with Crippen LogP contribution in [0.25, 0.3) is 0 Å². The molecule has 0 radical (unpaired) electrons. The van der Waals surface area contributed by atoms with Crippen LogP contribution in [0.5, 0.6) is 5.75 Å². The van der Waals surface area contributed by atoms with E-state index in [1.807, 2.05) is 110 Å². The van der Waals surface area contributed by atoms with E-state index in [1.54, 1.807) is 12.1 Å². The second kappa shape index (κ2) is 35.4. The number of hydrogen-bond donors (Lipinski definition) is 10. The maximum Gasteiger partial charge on any atom is 0.475 e. The van der Waals surface area contributed by atoms with E-state index in [1.165, 1.54) is 29.2 Å². The molecule has 32 heteroatoms. The van der Waals surface area contributed by atoms with Crippen molar-refractivity contribution >= 4 is 94.2 Å². The molecule has 27 nitrogen and oxygen atoms in total. The molecule has 4 aliphatic heterocycles. The van der Waals surface area contributed by atoms with Crippen LogP contribution < -0.4 is 30.9 Å². The summed E-state index contributed by atoms with van der Waals surface area (Å²) in [4.78, 5) is 67.0. The maximum atomic E-state index is 13.0. The van der Waals surface area contributed by atoms with E-state index < -0.39 is 93.7 Å². The maximum absolute atomic E-state index is 13.0. The molecule has 0 bridgehead atoms. The van der Waals surface area contributed by atoms with Gasteiger partial charge in [-0.3, -0.25) is 42.2 Å². The Hall–Kier alpha value is -7.92. The number of carbonyl (C=O) groups excluding carboxylic acids is 5. The molecule has 1 aliphatic carbocycles. The zero-order valence-electron chi connectivity index (χ0n) is 60.2. The molecule has 3 atom stereocenters. The van der Waals surface area contributed by atoms with Gasteiger partial charge in [0.1, 0.15) is 24.1 Å². The Morgan fingerprint density at radius 3 is 1.97 bits per heavy atom. The first-order valence-electron chi connectivity index (χ1n) is 36.0. The minimum atomic E-state index is -4.59. The van der Waals surface area contributed by atoms with Crippen molar-refractivity contribution in [2.24, 2.45) is 5.92 Å². The number of nitrogens with one attached hydrogen (secondary N) is 4. The van der Waals surface area contributed by atoms with Gasteiger partial charge in [0, 0.05) is 92.4 Å². The van der Waals surface area contributed by atoms with Gasteiger partial charge in [0.2, 0.25) is 35.2 Å². The predicted molar refractivity (Wildman–Crippen MR) is 399 cm³/mol. The lowest BCUT2D eigenvalue weighted by Gasteiger charge is -2.27. The summed E-state index contributed by atoms with van der Waals surface area (Å²) in [5, 5.41) is 30.8. The van der Waals surface area contributed by atoms with E-state index in [0.29, 0.717) is 131 Å². The Balaban J connectivity index is 0.782. The molecular formula is C74H97BN7O20S4+. The second-order valence-corrected chi connectivity index (χ2v) is 34.8. The van der Waals surface area contributed by atoms with Gasteiger partial charge in [0.25, 0.3) is 40.5 Å². The monoisotopic (exact) mass is 1540 g/mol. The molecule has 4 heterocycles. The lowest BCUT2D eigenvalue weighted by atomic mass is 9.77. The van der Waals surface area contributed by atoms with Crippen LogP contribution in [0, 0.1) is 5.92 Å². The molecule has 10 N–H and O–H groups in total. The van der Waals surface area contributed by atoms with Gasteiger partial charge in [0.15, 0.2) is 5.71 Å². The summed E-state index contributed by atoms with van der Waals surface area (Å²) in [7, 11) is -19.4. The number of benzene rings is 4. The highest BCUT2D eigenvalue weighted by atomic mass is 32.2. The number of unbranched alkanes of at least 4 members (excludes halogenated alkanes) is 6. The van der Waals surface area contributed by atoms with E-state index in [-0.39, 0.29) is 72.1 Å². The highest BCUT2D eigenvalue weighted by Crippen LogP contribution is 2.49. The third-order valence-corrected chi connectivity index (χ3v) is 23.6. The number of fused-ring (bicyclic) bond motifs is 2. The number of likely N-dealkylation sites (tertiary alicyclic amines) is 1. The normalized spacial score (nSPS) is 19.5. The molecule has 9 rings (SSSR count). The van der Waals surface area contributed by atoms with Crippen molar-refractivity contribution in [2.45, 2.75) is 189 Å². The van der Waals surface area contributed by atoms with E-state index in [2.05, 4.69) is 21.3 Å². The molecule has 574 valence electrons. The molecule has 5 amide bonds. The van der Waals surface area contributed by atoms with Crippen LogP contribution in [0.2, 0.25) is 0 Å². The Labute approximate surface area is 621 Å². The largest absolute Gasteiger partial charge is 0.475 e. The van der Waals surface area contributed by atoms with Gasteiger partial charge in [-0.2, -0.15) is 38.2 Å². The average Bonchev–Trinajstić information content (AvgIpc) is 1.59. The summed E-state index contributed by atoms with van der Waals surface area (Å²) in [6.07, 6.45) is 16.7. The molecule has 106 heavy (non-hydrogen) atoms. The van der Waals surface area contributed by atoms with Gasteiger partial charge in [-0.1, -0.05) is 75.6 Å². The van der Waals surface area contributed by atoms with E-state index >= 15 is 0 Å². The fourth-order valence-corrected chi connectivity index (χ4v) is 16.7. The van der Waals surface area contributed by atoms with Crippen molar-refractivity contribution < 1.29 is 95.2 Å². The molecule has 2 fully saturated rings. The first kappa shape index (κ1) is 82.1. The van der Waals surface area contributed by atoms with Gasteiger partial charge in [-0.25, -0.2) is 0 Å². The fraction of sp³-hybridized carbons (Fsp3) is 0.486. The first-order valence-corrected chi connectivity index (χ1v) is 42.1.